The molecular weight excluding hydrogens is 354 g/mol. The minimum absolute atomic E-state index is 0. The lowest BCUT2D eigenvalue weighted by Crippen LogP contribution is -2.48. The summed E-state index contributed by atoms with van der Waals surface area (Å²) >= 11 is 0. The average Bonchev–Trinajstić information content (AvgIpc) is 2.66. The molecule has 4 N–H and O–H groups in total. The second-order valence-electron chi connectivity index (χ2n) is 6.78. The Labute approximate surface area is 161 Å². The van der Waals surface area contributed by atoms with Gasteiger partial charge in [-0.25, -0.2) is 0 Å². The summed E-state index contributed by atoms with van der Waals surface area (Å²) in [5.41, 5.74) is 7.02. The molecule has 0 radical (unpaired) electrons. The summed E-state index contributed by atoms with van der Waals surface area (Å²) in [6.07, 6.45) is 2.10. The third-order valence-electron chi connectivity index (χ3n) is 5.03. The number of halogens is 1. The van der Waals surface area contributed by atoms with Crippen LogP contribution >= 0.6 is 12.4 Å². The van der Waals surface area contributed by atoms with E-state index in [4.69, 9.17) is 10.5 Å². The maximum atomic E-state index is 12.6. The molecule has 2 amide bonds. The number of rotatable bonds is 7. The average molecular weight is 384 g/mol. The van der Waals surface area contributed by atoms with Crippen LogP contribution in [0.2, 0.25) is 0 Å². The van der Waals surface area contributed by atoms with E-state index in [0.717, 1.165) is 17.7 Å². The van der Waals surface area contributed by atoms with Gasteiger partial charge >= 0.3 is 0 Å². The first kappa shape index (κ1) is 22.4. The molecule has 26 heavy (non-hydrogen) atoms. The van der Waals surface area contributed by atoms with Crippen molar-refractivity contribution < 1.29 is 14.3 Å². The Hall–Kier alpha value is -1.63. The Morgan fingerprint density at radius 2 is 2.00 bits per heavy atom. The summed E-state index contributed by atoms with van der Waals surface area (Å²) in [7, 11) is 0. The van der Waals surface area contributed by atoms with Gasteiger partial charge in [0.2, 0.25) is 11.8 Å². The van der Waals surface area contributed by atoms with Gasteiger partial charge in [0.05, 0.1) is 5.41 Å². The second-order valence-corrected chi connectivity index (χ2v) is 6.78. The van der Waals surface area contributed by atoms with Crippen LogP contribution in [0.1, 0.15) is 38.7 Å². The van der Waals surface area contributed by atoms with E-state index in [0.29, 0.717) is 39.1 Å². The number of carbonyl (C=O) groups is 2. The summed E-state index contributed by atoms with van der Waals surface area (Å²) in [6, 6.07) is 7.55. The number of ether oxygens (including phenoxy) is 1. The standard InChI is InChI=1S/C19H29N3O3.ClH/c1-3-14(2)17(23)22-16-6-4-5-15(11-16)12-21-18(24)19(13-20)7-9-25-10-8-19;/h4-6,11,14H,3,7-10,12-13,20H2,1-2H3,(H,21,24)(H,22,23);1H. The molecule has 0 spiro atoms. The number of hydrogen-bond donors (Lipinski definition) is 3. The van der Waals surface area contributed by atoms with Crippen LogP contribution in [0.5, 0.6) is 0 Å². The van der Waals surface area contributed by atoms with Gasteiger partial charge in [-0.15, -0.1) is 12.4 Å². The Morgan fingerprint density at radius 1 is 1.31 bits per heavy atom. The lowest BCUT2D eigenvalue weighted by Gasteiger charge is -2.34. The van der Waals surface area contributed by atoms with Crippen LogP contribution in [0.15, 0.2) is 24.3 Å². The van der Waals surface area contributed by atoms with E-state index >= 15 is 0 Å². The molecule has 0 aliphatic carbocycles. The fraction of sp³-hybridized carbons (Fsp3) is 0.579. The van der Waals surface area contributed by atoms with E-state index in [1.54, 1.807) is 0 Å². The maximum Gasteiger partial charge on any atom is 0.227 e. The van der Waals surface area contributed by atoms with Crippen molar-refractivity contribution in [3.8, 4) is 0 Å². The first-order valence-electron chi connectivity index (χ1n) is 8.96. The zero-order valence-corrected chi connectivity index (χ0v) is 16.4. The molecule has 1 unspecified atom stereocenters. The van der Waals surface area contributed by atoms with Crippen molar-refractivity contribution in [3.05, 3.63) is 29.8 Å². The summed E-state index contributed by atoms with van der Waals surface area (Å²) in [5, 5.41) is 5.90. The lowest BCUT2D eigenvalue weighted by molar-refractivity contribution is -0.136. The molecule has 0 bridgehead atoms. The van der Waals surface area contributed by atoms with Crippen molar-refractivity contribution in [2.75, 3.05) is 25.1 Å². The van der Waals surface area contributed by atoms with Crippen molar-refractivity contribution >= 4 is 29.9 Å². The zero-order chi connectivity index (χ0) is 18.3. The highest BCUT2D eigenvalue weighted by Gasteiger charge is 2.38. The van der Waals surface area contributed by atoms with Crippen molar-refractivity contribution in [3.63, 3.8) is 0 Å². The molecule has 146 valence electrons. The van der Waals surface area contributed by atoms with Gasteiger partial charge in [-0.2, -0.15) is 0 Å². The third kappa shape index (κ3) is 5.69. The highest BCUT2D eigenvalue weighted by molar-refractivity contribution is 5.92. The molecule has 1 aliphatic heterocycles. The molecule has 1 saturated heterocycles. The van der Waals surface area contributed by atoms with Gasteiger partial charge in [0.1, 0.15) is 0 Å². The van der Waals surface area contributed by atoms with Crippen LogP contribution in [0.3, 0.4) is 0 Å². The SMILES string of the molecule is CCC(C)C(=O)Nc1cccc(CNC(=O)C2(CN)CCOCC2)c1.Cl. The number of nitrogens with two attached hydrogens (primary N) is 1. The molecule has 2 rings (SSSR count). The number of benzene rings is 1. The Morgan fingerprint density at radius 3 is 2.62 bits per heavy atom. The van der Waals surface area contributed by atoms with Gasteiger partial charge in [0, 0.05) is 37.9 Å². The summed E-state index contributed by atoms with van der Waals surface area (Å²) < 4.78 is 5.34. The molecular formula is C19H30ClN3O3. The molecule has 7 heteroatoms. The molecule has 1 aromatic carbocycles. The van der Waals surface area contributed by atoms with Gasteiger partial charge < -0.3 is 21.1 Å². The van der Waals surface area contributed by atoms with Crippen LogP contribution in [0.25, 0.3) is 0 Å². The minimum Gasteiger partial charge on any atom is -0.381 e. The Bertz CT molecular complexity index is 603. The molecule has 6 nitrogen and oxygen atoms in total. The number of amides is 2. The van der Waals surface area contributed by atoms with Gasteiger partial charge in [0.15, 0.2) is 0 Å². The van der Waals surface area contributed by atoms with E-state index < -0.39 is 5.41 Å². The summed E-state index contributed by atoms with van der Waals surface area (Å²) in [6.45, 7) is 5.77. The molecule has 0 aromatic heterocycles. The number of nitrogens with one attached hydrogen (secondary N) is 2. The maximum absolute atomic E-state index is 12.6. The van der Waals surface area contributed by atoms with Crippen LogP contribution in [0.4, 0.5) is 5.69 Å². The van der Waals surface area contributed by atoms with E-state index in [1.807, 2.05) is 38.1 Å². The quantitative estimate of drug-likeness (QED) is 0.674. The summed E-state index contributed by atoms with van der Waals surface area (Å²) in [5.74, 6) is -0.0402. The first-order chi connectivity index (χ1) is 12.0. The Kier molecular flexibility index (Phi) is 9.05. The highest BCUT2D eigenvalue weighted by Crippen LogP contribution is 2.29. The molecule has 1 heterocycles. The van der Waals surface area contributed by atoms with Crippen molar-refractivity contribution in [2.24, 2.45) is 17.1 Å². The second kappa shape index (κ2) is 10.5. The van der Waals surface area contributed by atoms with Crippen molar-refractivity contribution in [2.45, 2.75) is 39.7 Å². The molecule has 1 aromatic rings. The molecule has 1 atom stereocenters. The van der Waals surface area contributed by atoms with Crippen LogP contribution < -0.4 is 16.4 Å². The fourth-order valence-electron chi connectivity index (χ4n) is 2.87. The van der Waals surface area contributed by atoms with Gasteiger partial charge in [-0.1, -0.05) is 26.0 Å². The zero-order valence-electron chi connectivity index (χ0n) is 15.5. The molecule has 1 aliphatic rings. The van der Waals surface area contributed by atoms with E-state index in [2.05, 4.69) is 10.6 Å². The number of hydrogen-bond acceptors (Lipinski definition) is 4. The summed E-state index contributed by atoms with van der Waals surface area (Å²) in [4.78, 5) is 24.6. The first-order valence-corrected chi connectivity index (χ1v) is 8.96. The number of anilines is 1. The van der Waals surface area contributed by atoms with E-state index in [1.165, 1.54) is 0 Å². The monoisotopic (exact) mass is 383 g/mol. The van der Waals surface area contributed by atoms with Gasteiger partial charge in [0.25, 0.3) is 0 Å². The van der Waals surface area contributed by atoms with E-state index in [9.17, 15) is 9.59 Å². The Balaban J connectivity index is 0.00000338. The smallest absolute Gasteiger partial charge is 0.227 e. The van der Waals surface area contributed by atoms with Crippen molar-refractivity contribution in [1.82, 2.24) is 5.32 Å². The van der Waals surface area contributed by atoms with Crippen LogP contribution in [0, 0.1) is 11.3 Å². The van der Waals surface area contributed by atoms with E-state index in [-0.39, 0.29) is 30.1 Å². The van der Waals surface area contributed by atoms with Crippen LogP contribution in [-0.2, 0) is 20.9 Å². The number of carbonyl (C=O) groups excluding carboxylic acids is 2. The predicted molar refractivity (Wildman–Crippen MR) is 105 cm³/mol. The highest BCUT2D eigenvalue weighted by atomic mass is 35.5. The van der Waals surface area contributed by atoms with Gasteiger partial charge in [-0.3, -0.25) is 9.59 Å². The van der Waals surface area contributed by atoms with Crippen molar-refractivity contribution in [1.29, 1.82) is 0 Å². The largest absolute Gasteiger partial charge is 0.381 e. The third-order valence-corrected chi connectivity index (χ3v) is 5.03. The molecule has 1 fully saturated rings. The van der Waals surface area contributed by atoms with Gasteiger partial charge in [-0.05, 0) is 37.0 Å². The topological polar surface area (TPSA) is 93.5 Å². The lowest BCUT2D eigenvalue weighted by atomic mass is 9.79. The normalized spacial score (nSPS) is 16.9. The molecule has 0 saturated carbocycles. The fourth-order valence-corrected chi connectivity index (χ4v) is 2.87. The van der Waals surface area contributed by atoms with Crippen LogP contribution in [-0.4, -0.2) is 31.6 Å². The predicted octanol–water partition coefficient (Wildman–Crippen LogP) is 2.46. The minimum atomic E-state index is -0.527.